The lowest BCUT2D eigenvalue weighted by molar-refractivity contribution is -0.114. The number of para-hydroxylation sites is 1. The summed E-state index contributed by atoms with van der Waals surface area (Å²) in [5, 5.41) is 3.01. The van der Waals surface area contributed by atoms with Gasteiger partial charge >= 0.3 is 0 Å². The van der Waals surface area contributed by atoms with E-state index in [0.717, 1.165) is 11.3 Å². The van der Waals surface area contributed by atoms with E-state index in [2.05, 4.69) is 11.9 Å². The smallest absolute Gasteiger partial charge is 0.244 e. The largest absolute Gasteiger partial charge is 0.366 e. The number of amides is 1. The molecule has 0 fully saturated rings. The summed E-state index contributed by atoms with van der Waals surface area (Å²) in [4.78, 5) is 11.1. The standard InChI is InChI=1S/C13H16N2O/c1-3-10(13(14)16)9-11-7-5-6-8-12(11)15-4-2/h4-9,15H,2-3H2,1H3,(H2,14,16)/b10-9+. The minimum Gasteiger partial charge on any atom is -0.366 e. The monoisotopic (exact) mass is 216 g/mol. The molecule has 3 nitrogen and oxygen atoms in total. The minimum atomic E-state index is -0.379. The van der Waals surface area contributed by atoms with Gasteiger partial charge in [-0.15, -0.1) is 0 Å². The highest BCUT2D eigenvalue weighted by Gasteiger charge is 2.03. The summed E-state index contributed by atoms with van der Waals surface area (Å²) in [6, 6.07) is 7.67. The van der Waals surface area contributed by atoms with Crippen LogP contribution in [0.1, 0.15) is 18.9 Å². The molecule has 0 aliphatic heterocycles. The number of carbonyl (C=O) groups excluding carboxylic acids is 1. The van der Waals surface area contributed by atoms with E-state index in [1.54, 1.807) is 12.3 Å². The summed E-state index contributed by atoms with van der Waals surface area (Å²) < 4.78 is 0. The lowest BCUT2D eigenvalue weighted by Crippen LogP contribution is -2.13. The van der Waals surface area contributed by atoms with E-state index in [0.29, 0.717) is 12.0 Å². The zero-order valence-corrected chi connectivity index (χ0v) is 9.36. The first-order chi connectivity index (χ1) is 7.69. The van der Waals surface area contributed by atoms with E-state index in [1.807, 2.05) is 31.2 Å². The topological polar surface area (TPSA) is 55.1 Å². The zero-order chi connectivity index (χ0) is 12.0. The Morgan fingerprint density at radius 3 is 2.75 bits per heavy atom. The average Bonchev–Trinajstić information content (AvgIpc) is 2.27. The van der Waals surface area contributed by atoms with Gasteiger partial charge in [0.15, 0.2) is 0 Å². The third-order valence-electron chi connectivity index (χ3n) is 2.25. The fourth-order valence-electron chi connectivity index (χ4n) is 1.40. The van der Waals surface area contributed by atoms with Gasteiger partial charge in [0.1, 0.15) is 0 Å². The Balaban J connectivity index is 3.11. The van der Waals surface area contributed by atoms with Crippen molar-refractivity contribution in [2.75, 3.05) is 5.32 Å². The summed E-state index contributed by atoms with van der Waals surface area (Å²) >= 11 is 0. The van der Waals surface area contributed by atoms with Crippen molar-refractivity contribution in [1.82, 2.24) is 0 Å². The summed E-state index contributed by atoms with van der Waals surface area (Å²) in [5.74, 6) is -0.379. The number of hydrogen-bond donors (Lipinski definition) is 2. The first-order valence-corrected chi connectivity index (χ1v) is 5.16. The van der Waals surface area contributed by atoms with Gasteiger partial charge in [-0.2, -0.15) is 0 Å². The van der Waals surface area contributed by atoms with Crippen molar-refractivity contribution >= 4 is 17.7 Å². The Bertz CT molecular complexity index is 422. The van der Waals surface area contributed by atoms with Crippen LogP contribution in [0.3, 0.4) is 0 Å². The molecule has 84 valence electrons. The maximum Gasteiger partial charge on any atom is 0.244 e. The van der Waals surface area contributed by atoms with Crippen molar-refractivity contribution in [3.05, 3.63) is 48.2 Å². The second kappa shape index (κ2) is 5.75. The van der Waals surface area contributed by atoms with Crippen LogP contribution >= 0.6 is 0 Å². The van der Waals surface area contributed by atoms with Crippen molar-refractivity contribution in [2.24, 2.45) is 5.73 Å². The third-order valence-corrected chi connectivity index (χ3v) is 2.25. The second-order valence-corrected chi connectivity index (χ2v) is 3.32. The Kier molecular flexibility index (Phi) is 4.33. The molecule has 1 amide bonds. The van der Waals surface area contributed by atoms with Crippen LogP contribution in [0.4, 0.5) is 5.69 Å². The van der Waals surface area contributed by atoms with Gasteiger partial charge < -0.3 is 11.1 Å². The number of anilines is 1. The molecule has 16 heavy (non-hydrogen) atoms. The first kappa shape index (κ1) is 12.0. The molecular formula is C13H16N2O. The molecule has 3 N–H and O–H groups in total. The molecule has 3 heteroatoms. The molecule has 0 saturated heterocycles. The van der Waals surface area contributed by atoms with Gasteiger partial charge in [0, 0.05) is 11.3 Å². The average molecular weight is 216 g/mol. The number of hydrogen-bond acceptors (Lipinski definition) is 2. The van der Waals surface area contributed by atoms with Gasteiger partial charge in [-0.1, -0.05) is 31.7 Å². The highest BCUT2D eigenvalue weighted by molar-refractivity contribution is 5.97. The third kappa shape index (κ3) is 2.98. The van der Waals surface area contributed by atoms with Crippen LogP contribution in [0.2, 0.25) is 0 Å². The fraction of sp³-hybridized carbons (Fsp3) is 0.154. The summed E-state index contributed by atoms with van der Waals surface area (Å²) in [6.45, 7) is 5.51. The van der Waals surface area contributed by atoms with Crippen LogP contribution in [0.25, 0.3) is 6.08 Å². The maximum absolute atomic E-state index is 11.1. The van der Waals surface area contributed by atoms with Crippen LogP contribution in [0.15, 0.2) is 42.6 Å². The highest BCUT2D eigenvalue weighted by Crippen LogP contribution is 2.19. The second-order valence-electron chi connectivity index (χ2n) is 3.32. The molecule has 0 radical (unpaired) electrons. The van der Waals surface area contributed by atoms with Gasteiger partial charge in [0.25, 0.3) is 0 Å². The van der Waals surface area contributed by atoms with E-state index in [-0.39, 0.29) is 5.91 Å². The molecule has 0 aliphatic rings. The Hall–Kier alpha value is -2.03. The molecule has 1 aromatic rings. The van der Waals surface area contributed by atoms with E-state index >= 15 is 0 Å². The predicted octanol–water partition coefficient (Wildman–Crippen LogP) is 2.52. The lowest BCUT2D eigenvalue weighted by Gasteiger charge is -2.06. The normalized spacial score (nSPS) is 10.9. The van der Waals surface area contributed by atoms with Crippen LogP contribution in [-0.4, -0.2) is 5.91 Å². The first-order valence-electron chi connectivity index (χ1n) is 5.16. The van der Waals surface area contributed by atoms with E-state index in [9.17, 15) is 4.79 Å². The number of primary amides is 1. The quantitative estimate of drug-likeness (QED) is 0.743. The van der Waals surface area contributed by atoms with Crippen molar-refractivity contribution in [3.63, 3.8) is 0 Å². The van der Waals surface area contributed by atoms with Crippen LogP contribution in [-0.2, 0) is 4.79 Å². The number of nitrogens with two attached hydrogens (primary N) is 1. The lowest BCUT2D eigenvalue weighted by atomic mass is 10.1. The number of carbonyl (C=O) groups is 1. The zero-order valence-electron chi connectivity index (χ0n) is 9.36. The minimum absolute atomic E-state index is 0.379. The molecule has 0 aliphatic carbocycles. The Morgan fingerprint density at radius 2 is 2.19 bits per heavy atom. The van der Waals surface area contributed by atoms with Crippen LogP contribution < -0.4 is 11.1 Å². The summed E-state index contributed by atoms with van der Waals surface area (Å²) in [7, 11) is 0. The van der Waals surface area contributed by atoms with E-state index in [4.69, 9.17) is 5.73 Å². The number of benzene rings is 1. The SMILES string of the molecule is C=CNc1ccccc1/C=C(\CC)C(N)=O. The van der Waals surface area contributed by atoms with Crippen LogP contribution in [0.5, 0.6) is 0 Å². The predicted molar refractivity (Wildman–Crippen MR) is 67.7 cm³/mol. The van der Waals surface area contributed by atoms with Gasteiger partial charge in [-0.3, -0.25) is 4.79 Å². The molecule has 0 aromatic heterocycles. The highest BCUT2D eigenvalue weighted by atomic mass is 16.1. The molecule has 0 spiro atoms. The summed E-state index contributed by atoms with van der Waals surface area (Å²) in [5.41, 5.74) is 7.72. The Morgan fingerprint density at radius 1 is 1.50 bits per heavy atom. The van der Waals surface area contributed by atoms with Gasteiger partial charge in [-0.25, -0.2) is 0 Å². The van der Waals surface area contributed by atoms with E-state index < -0.39 is 0 Å². The van der Waals surface area contributed by atoms with Gasteiger partial charge in [0.2, 0.25) is 5.91 Å². The maximum atomic E-state index is 11.1. The summed E-state index contributed by atoms with van der Waals surface area (Å²) in [6.07, 6.45) is 4.02. The molecule has 0 saturated carbocycles. The molecule has 0 atom stereocenters. The van der Waals surface area contributed by atoms with Crippen molar-refractivity contribution < 1.29 is 4.79 Å². The van der Waals surface area contributed by atoms with Crippen molar-refractivity contribution in [3.8, 4) is 0 Å². The Labute approximate surface area is 95.7 Å². The molecular weight excluding hydrogens is 200 g/mol. The molecule has 1 rings (SSSR count). The fourth-order valence-corrected chi connectivity index (χ4v) is 1.40. The van der Waals surface area contributed by atoms with E-state index in [1.165, 1.54) is 0 Å². The molecule has 0 bridgehead atoms. The van der Waals surface area contributed by atoms with Crippen molar-refractivity contribution in [2.45, 2.75) is 13.3 Å². The van der Waals surface area contributed by atoms with Crippen LogP contribution in [0, 0.1) is 0 Å². The molecule has 0 heterocycles. The van der Waals surface area contributed by atoms with Gasteiger partial charge in [-0.05, 0) is 30.3 Å². The van der Waals surface area contributed by atoms with Gasteiger partial charge in [0.05, 0.1) is 0 Å². The molecule has 0 unspecified atom stereocenters. The molecule has 1 aromatic carbocycles. The number of nitrogens with one attached hydrogen (secondary N) is 1. The number of rotatable bonds is 5. The van der Waals surface area contributed by atoms with Crippen molar-refractivity contribution in [1.29, 1.82) is 0 Å².